The summed E-state index contributed by atoms with van der Waals surface area (Å²) in [5, 5.41) is 0. The maximum Gasteiger partial charge on any atom is 0.185 e. The van der Waals surface area contributed by atoms with Crippen LogP contribution in [0.3, 0.4) is 0 Å². The normalized spacial score (nSPS) is 12.8. The number of aromatic nitrogens is 1. The highest BCUT2D eigenvalue weighted by Crippen LogP contribution is 2.27. The van der Waals surface area contributed by atoms with Crippen molar-refractivity contribution >= 4 is 21.4 Å². The van der Waals surface area contributed by atoms with E-state index in [0.717, 1.165) is 0 Å². The SMILES string of the molecule is Cc1cnccc1S(=O)(=O)C(C)(C)CCl. The Bertz CT molecular complexity index is 454. The number of aryl methyl sites for hydroxylation is 1. The molecule has 3 nitrogen and oxygen atoms in total. The van der Waals surface area contributed by atoms with Gasteiger partial charge in [-0.05, 0) is 32.4 Å². The van der Waals surface area contributed by atoms with Crippen LogP contribution in [0.1, 0.15) is 19.4 Å². The molecule has 0 saturated heterocycles. The zero-order valence-electron chi connectivity index (χ0n) is 8.99. The van der Waals surface area contributed by atoms with Crippen molar-refractivity contribution in [1.29, 1.82) is 0 Å². The van der Waals surface area contributed by atoms with Gasteiger partial charge in [0.1, 0.15) is 0 Å². The Morgan fingerprint density at radius 2 is 2.07 bits per heavy atom. The lowest BCUT2D eigenvalue weighted by molar-refractivity contribution is 0.561. The molecule has 1 aromatic heterocycles. The van der Waals surface area contributed by atoms with Crippen molar-refractivity contribution in [3.05, 3.63) is 24.0 Å². The molecule has 0 unspecified atom stereocenters. The highest BCUT2D eigenvalue weighted by atomic mass is 35.5. The molecule has 0 radical (unpaired) electrons. The first-order chi connectivity index (χ1) is 6.83. The third-order valence-corrected chi connectivity index (χ3v) is 5.77. The molecule has 0 spiro atoms. The van der Waals surface area contributed by atoms with Gasteiger partial charge in [0.2, 0.25) is 0 Å². The molecule has 1 rings (SSSR count). The fourth-order valence-corrected chi connectivity index (χ4v) is 3.02. The third-order valence-electron chi connectivity index (χ3n) is 2.31. The smallest absolute Gasteiger partial charge is 0.185 e. The molecule has 0 saturated carbocycles. The number of pyridine rings is 1. The number of nitrogens with zero attached hydrogens (tertiary/aromatic N) is 1. The summed E-state index contributed by atoms with van der Waals surface area (Å²) in [5.41, 5.74) is 0.649. The van der Waals surface area contributed by atoms with Gasteiger partial charge >= 0.3 is 0 Å². The Morgan fingerprint density at radius 1 is 1.47 bits per heavy atom. The number of halogens is 1. The zero-order valence-corrected chi connectivity index (χ0v) is 10.6. The lowest BCUT2D eigenvalue weighted by atomic mass is 10.2. The Morgan fingerprint density at radius 3 is 2.53 bits per heavy atom. The fraction of sp³-hybridized carbons (Fsp3) is 0.500. The minimum atomic E-state index is -3.39. The summed E-state index contributed by atoms with van der Waals surface area (Å²) >= 11 is 5.69. The van der Waals surface area contributed by atoms with Crippen LogP contribution in [0, 0.1) is 6.92 Å². The van der Waals surface area contributed by atoms with Crippen molar-refractivity contribution in [3.8, 4) is 0 Å². The zero-order chi connectivity index (χ0) is 11.7. The van der Waals surface area contributed by atoms with E-state index in [9.17, 15) is 8.42 Å². The van der Waals surface area contributed by atoms with Gasteiger partial charge in [-0.3, -0.25) is 4.98 Å². The van der Waals surface area contributed by atoms with E-state index in [1.165, 1.54) is 18.5 Å². The van der Waals surface area contributed by atoms with E-state index in [1.807, 2.05) is 0 Å². The van der Waals surface area contributed by atoms with Crippen molar-refractivity contribution in [2.45, 2.75) is 30.4 Å². The van der Waals surface area contributed by atoms with Crippen molar-refractivity contribution < 1.29 is 8.42 Å². The van der Waals surface area contributed by atoms with Crippen LogP contribution < -0.4 is 0 Å². The van der Waals surface area contributed by atoms with E-state index >= 15 is 0 Å². The van der Waals surface area contributed by atoms with Crippen LogP contribution in [0.5, 0.6) is 0 Å². The van der Waals surface area contributed by atoms with Gasteiger partial charge in [0.25, 0.3) is 0 Å². The highest BCUT2D eigenvalue weighted by molar-refractivity contribution is 7.93. The first kappa shape index (κ1) is 12.5. The number of sulfone groups is 1. The molecule has 1 heterocycles. The Kier molecular flexibility index (Phi) is 3.41. The molecule has 0 bridgehead atoms. The molecular formula is C10H14ClNO2S. The van der Waals surface area contributed by atoms with Gasteiger partial charge in [-0.25, -0.2) is 8.42 Å². The van der Waals surface area contributed by atoms with Gasteiger partial charge in [-0.1, -0.05) is 0 Å². The van der Waals surface area contributed by atoms with Gasteiger partial charge < -0.3 is 0 Å². The van der Waals surface area contributed by atoms with Crippen molar-refractivity contribution in [3.63, 3.8) is 0 Å². The standard InChI is InChI=1S/C10H14ClNO2S/c1-8-6-12-5-4-9(8)15(13,14)10(2,3)7-11/h4-6H,7H2,1-3H3. The van der Waals surface area contributed by atoms with Gasteiger partial charge in [0.05, 0.1) is 9.64 Å². The average Bonchev–Trinajstić information content (AvgIpc) is 2.18. The number of rotatable bonds is 3. The monoisotopic (exact) mass is 247 g/mol. The van der Waals surface area contributed by atoms with Crippen molar-refractivity contribution in [1.82, 2.24) is 4.98 Å². The Hall–Kier alpha value is -0.610. The minimum absolute atomic E-state index is 0.0666. The summed E-state index contributed by atoms with van der Waals surface area (Å²) in [6.07, 6.45) is 3.02. The third kappa shape index (κ3) is 2.16. The maximum atomic E-state index is 12.2. The van der Waals surface area contributed by atoms with Crippen LogP contribution in [0.25, 0.3) is 0 Å². The lowest BCUT2D eigenvalue weighted by Gasteiger charge is -2.22. The number of hydrogen-bond donors (Lipinski definition) is 0. The van der Waals surface area contributed by atoms with Gasteiger partial charge in [0, 0.05) is 18.3 Å². The molecule has 0 atom stereocenters. The molecule has 0 fully saturated rings. The van der Waals surface area contributed by atoms with Crippen LogP contribution in [0.2, 0.25) is 0 Å². The Balaban J connectivity index is 3.37. The topological polar surface area (TPSA) is 47.0 Å². The van der Waals surface area contributed by atoms with Crippen LogP contribution in [0.4, 0.5) is 0 Å². The first-order valence-electron chi connectivity index (χ1n) is 4.54. The van der Waals surface area contributed by atoms with Crippen LogP contribution in [-0.2, 0) is 9.84 Å². The highest BCUT2D eigenvalue weighted by Gasteiger charge is 2.35. The van der Waals surface area contributed by atoms with Crippen LogP contribution in [-0.4, -0.2) is 24.0 Å². The summed E-state index contributed by atoms with van der Waals surface area (Å²) in [4.78, 5) is 4.18. The maximum absolute atomic E-state index is 12.2. The number of hydrogen-bond acceptors (Lipinski definition) is 3. The summed E-state index contributed by atoms with van der Waals surface area (Å²) < 4.78 is 23.4. The van der Waals surface area contributed by atoms with E-state index < -0.39 is 14.6 Å². The quantitative estimate of drug-likeness (QED) is 0.770. The van der Waals surface area contributed by atoms with Crippen LogP contribution in [0.15, 0.2) is 23.4 Å². The molecule has 0 aromatic carbocycles. The lowest BCUT2D eigenvalue weighted by Crippen LogP contribution is -2.34. The largest absolute Gasteiger partial charge is 0.264 e. The van der Waals surface area contributed by atoms with E-state index in [4.69, 9.17) is 11.6 Å². The van der Waals surface area contributed by atoms with E-state index in [1.54, 1.807) is 20.8 Å². The average molecular weight is 248 g/mol. The molecule has 15 heavy (non-hydrogen) atoms. The molecule has 0 aliphatic rings. The van der Waals surface area contributed by atoms with E-state index in [2.05, 4.69) is 4.98 Å². The fourth-order valence-electron chi connectivity index (χ4n) is 1.13. The molecule has 1 aromatic rings. The molecule has 84 valence electrons. The van der Waals surface area contributed by atoms with Gasteiger partial charge in [-0.15, -0.1) is 11.6 Å². The second-order valence-corrected chi connectivity index (χ2v) is 6.86. The first-order valence-corrected chi connectivity index (χ1v) is 6.56. The minimum Gasteiger partial charge on any atom is -0.264 e. The van der Waals surface area contributed by atoms with Crippen molar-refractivity contribution in [2.75, 3.05) is 5.88 Å². The predicted molar refractivity (Wildman–Crippen MR) is 61.0 cm³/mol. The van der Waals surface area contributed by atoms with E-state index in [0.29, 0.717) is 10.5 Å². The molecule has 0 amide bonds. The molecular weight excluding hydrogens is 234 g/mol. The van der Waals surface area contributed by atoms with E-state index in [-0.39, 0.29) is 5.88 Å². The summed E-state index contributed by atoms with van der Waals surface area (Å²) in [7, 11) is -3.39. The molecule has 0 aliphatic carbocycles. The molecule has 5 heteroatoms. The van der Waals surface area contributed by atoms with Gasteiger partial charge in [-0.2, -0.15) is 0 Å². The van der Waals surface area contributed by atoms with Crippen LogP contribution >= 0.6 is 11.6 Å². The molecule has 0 aliphatic heterocycles. The summed E-state index contributed by atoms with van der Waals surface area (Å²) in [6, 6.07) is 1.51. The summed E-state index contributed by atoms with van der Waals surface area (Å²) in [6.45, 7) is 4.97. The second kappa shape index (κ2) is 4.10. The van der Waals surface area contributed by atoms with Crippen molar-refractivity contribution in [2.24, 2.45) is 0 Å². The molecule has 0 N–H and O–H groups in total. The summed E-state index contributed by atoms with van der Waals surface area (Å²) in [5.74, 6) is 0.0666. The predicted octanol–water partition coefficient (Wildman–Crippen LogP) is 2.18. The second-order valence-electron chi connectivity index (χ2n) is 4.04. The number of alkyl halides is 1. The Labute approximate surface area is 95.4 Å². The van der Waals surface area contributed by atoms with Gasteiger partial charge in [0.15, 0.2) is 9.84 Å².